The van der Waals surface area contributed by atoms with Crippen molar-refractivity contribution < 1.29 is 14.3 Å². The van der Waals surface area contributed by atoms with Gasteiger partial charge in [-0.2, -0.15) is 0 Å². The highest BCUT2D eigenvalue weighted by atomic mass is 16.5. The second kappa shape index (κ2) is 8.40. The van der Waals surface area contributed by atoms with Crippen molar-refractivity contribution in [3.63, 3.8) is 0 Å². The van der Waals surface area contributed by atoms with Gasteiger partial charge in [-0.15, -0.1) is 0 Å². The average molecular weight is 371 g/mol. The van der Waals surface area contributed by atoms with Crippen LogP contribution in [0.2, 0.25) is 0 Å². The second-order valence-electron chi connectivity index (χ2n) is 7.85. The molecule has 0 aliphatic carbocycles. The van der Waals surface area contributed by atoms with Gasteiger partial charge < -0.3 is 14.5 Å². The maximum Gasteiger partial charge on any atom is 0.237 e. The van der Waals surface area contributed by atoms with Gasteiger partial charge >= 0.3 is 0 Å². The minimum atomic E-state index is 0.0201. The number of benzene rings is 1. The number of hydrogen-bond acceptors (Lipinski definition) is 4. The van der Waals surface area contributed by atoms with E-state index in [0.29, 0.717) is 45.9 Å². The van der Waals surface area contributed by atoms with Crippen LogP contribution in [0.3, 0.4) is 0 Å². The van der Waals surface area contributed by atoms with Crippen molar-refractivity contribution in [2.24, 2.45) is 5.92 Å². The van der Waals surface area contributed by atoms with Gasteiger partial charge in [0.05, 0.1) is 25.7 Å². The number of fused-ring (bicyclic) bond motifs is 1. The number of ether oxygens (including phenoxy) is 1. The lowest BCUT2D eigenvalue weighted by atomic mass is 9.96. The fourth-order valence-electron chi connectivity index (χ4n) is 4.44. The van der Waals surface area contributed by atoms with Crippen molar-refractivity contribution in [3.05, 3.63) is 35.4 Å². The van der Waals surface area contributed by atoms with E-state index in [1.54, 1.807) is 0 Å². The van der Waals surface area contributed by atoms with Gasteiger partial charge in [-0.25, -0.2) is 0 Å². The van der Waals surface area contributed by atoms with Crippen LogP contribution in [-0.4, -0.2) is 79.0 Å². The van der Waals surface area contributed by atoms with Gasteiger partial charge in [0.25, 0.3) is 0 Å². The number of hydrogen-bond donors (Lipinski definition) is 0. The third kappa shape index (κ3) is 4.33. The molecule has 2 fully saturated rings. The average Bonchev–Trinajstić information content (AvgIpc) is 2.73. The SMILES string of the molecule is O=C(CN1CCCC(C(=O)N2CCOCC2)C1)N1CCc2ccccc2C1. The van der Waals surface area contributed by atoms with E-state index in [4.69, 9.17) is 4.74 Å². The van der Waals surface area contributed by atoms with Crippen molar-refractivity contribution in [1.29, 1.82) is 0 Å². The zero-order valence-corrected chi connectivity index (χ0v) is 15.9. The van der Waals surface area contributed by atoms with Crippen molar-refractivity contribution in [2.75, 3.05) is 52.5 Å². The quantitative estimate of drug-likeness (QED) is 0.800. The van der Waals surface area contributed by atoms with E-state index in [1.165, 1.54) is 11.1 Å². The molecule has 1 unspecified atom stereocenters. The predicted octanol–water partition coefficient (Wildman–Crippen LogP) is 1.14. The molecule has 0 bridgehead atoms. The van der Waals surface area contributed by atoms with E-state index >= 15 is 0 Å². The number of piperidine rings is 1. The summed E-state index contributed by atoms with van der Waals surface area (Å²) in [6.07, 6.45) is 2.84. The fourth-order valence-corrected chi connectivity index (χ4v) is 4.44. The Morgan fingerprint density at radius 3 is 2.59 bits per heavy atom. The molecule has 6 nitrogen and oxygen atoms in total. The highest BCUT2D eigenvalue weighted by Crippen LogP contribution is 2.21. The molecule has 1 aromatic carbocycles. The molecule has 1 atom stereocenters. The van der Waals surface area contributed by atoms with Crippen molar-refractivity contribution in [1.82, 2.24) is 14.7 Å². The highest BCUT2D eigenvalue weighted by molar-refractivity contribution is 5.80. The predicted molar refractivity (Wildman–Crippen MR) is 102 cm³/mol. The summed E-state index contributed by atoms with van der Waals surface area (Å²) >= 11 is 0. The van der Waals surface area contributed by atoms with Crippen LogP contribution in [0.25, 0.3) is 0 Å². The topological polar surface area (TPSA) is 53.1 Å². The Morgan fingerprint density at radius 2 is 1.78 bits per heavy atom. The Labute approximate surface area is 161 Å². The Balaban J connectivity index is 1.31. The van der Waals surface area contributed by atoms with Gasteiger partial charge in [-0.3, -0.25) is 14.5 Å². The van der Waals surface area contributed by atoms with Crippen molar-refractivity contribution >= 4 is 11.8 Å². The maximum absolute atomic E-state index is 12.8. The third-order valence-electron chi connectivity index (χ3n) is 6.02. The summed E-state index contributed by atoms with van der Waals surface area (Å²) in [4.78, 5) is 31.7. The first-order valence-electron chi connectivity index (χ1n) is 10.1. The lowest BCUT2D eigenvalue weighted by Gasteiger charge is -2.37. The van der Waals surface area contributed by atoms with Gasteiger partial charge in [0.2, 0.25) is 11.8 Å². The molecule has 6 heteroatoms. The summed E-state index contributed by atoms with van der Waals surface area (Å²) in [5, 5.41) is 0. The Bertz CT molecular complexity index is 687. The first-order valence-corrected chi connectivity index (χ1v) is 10.1. The molecule has 3 aliphatic rings. The number of nitrogens with zero attached hydrogens (tertiary/aromatic N) is 3. The molecule has 0 radical (unpaired) electrons. The minimum absolute atomic E-state index is 0.0201. The van der Waals surface area contributed by atoms with E-state index in [9.17, 15) is 9.59 Å². The summed E-state index contributed by atoms with van der Waals surface area (Å²) in [5.74, 6) is 0.443. The number of morpholine rings is 1. The van der Waals surface area contributed by atoms with Crippen LogP contribution < -0.4 is 0 Å². The standard InChI is InChI=1S/C21H29N3O3/c25-20(24-9-7-17-4-1-2-5-18(17)15-24)16-22-8-3-6-19(14-22)21(26)23-10-12-27-13-11-23/h1-2,4-5,19H,3,6-16H2. The molecular formula is C21H29N3O3. The second-order valence-corrected chi connectivity index (χ2v) is 7.85. The summed E-state index contributed by atoms with van der Waals surface area (Å²) in [6, 6.07) is 8.38. The molecule has 0 aromatic heterocycles. The number of amides is 2. The Kier molecular flexibility index (Phi) is 5.74. The molecule has 146 valence electrons. The van der Waals surface area contributed by atoms with Crippen LogP contribution in [0.1, 0.15) is 24.0 Å². The van der Waals surface area contributed by atoms with E-state index < -0.39 is 0 Å². The lowest BCUT2D eigenvalue weighted by molar-refractivity contribution is -0.143. The molecule has 4 rings (SSSR count). The summed E-state index contributed by atoms with van der Waals surface area (Å²) < 4.78 is 5.35. The molecule has 3 heterocycles. The van der Waals surface area contributed by atoms with Crippen LogP contribution in [0, 0.1) is 5.92 Å². The summed E-state index contributed by atoms with van der Waals surface area (Å²) in [5.41, 5.74) is 2.62. The number of rotatable bonds is 3. The molecule has 27 heavy (non-hydrogen) atoms. The van der Waals surface area contributed by atoms with Gasteiger partial charge in [-0.05, 0) is 36.9 Å². The Morgan fingerprint density at radius 1 is 1.00 bits per heavy atom. The minimum Gasteiger partial charge on any atom is -0.378 e. The molecule has 2 amide bonds. The zero-order valence-electron chi connectivity index (χ0n) is 15.9. The van der Waals surface area contributed by atoms with Crippen LogP contribution in [0.4, 0.5) is 0 Å². The first-order chi connectivity index (χ1) is 13.2. The van der Waals surface area contributed by atoms with Crippen LogP contribution in [-0.2, 0) is 27.3 Å². The van der Waals surface area contributed by atoms with Crippen LogP contribution >= 0.6 is 0 Å². The van der Waals surface area contributed by atoms with E-state index in [-0.39, 0.29) is 17.7 Å². The van der Waals surface area contributed by atoms with Crippen molar-refractivity contribution in [3.8, 4) is 0 Å². The first kappa shape index (κ1) is 18.4. The van der Waals surface area contributed by atoms with E-state index in [2.05, 4.69) is 23.1 Å². The molecule has 2 saturated heterocycles. The van der Waals surface area contributed by atoms with E-state index in [1.807, 2.05) is 15.9 Å². The summed E-state index contributed by atoms with van der Waals surface area (Å²) in [6.45, 7) is 6.19. The van der Waals surface area contributed by atoms with Gasteiger partial charge in [0.1, 0.15) is 0 Å². The smallest absolute Gasteiger partial charge is 0.237 e. The summed E-state index contributed by atoms with van der Waals surface area (Å²) in [7, 11) is 0. The number of carbonyl (C=O) groups excluding carboxylic acids is 2. The molecule has 1 aromatic rings. The molecule has 3 aliphatic heterocycles. The van der Waals surface area contributed by atoms with Crippen LogP contribution in [0.5, 0.6) is 0 Å². The number of likely N-dealkylation sites (tertiary alicyclic amines) is 1. The molecular weight excluding hydrogens is 342 g/mol. The largest absolute Gasteiger partial charge is 0.378 e. The van der Waals surface area contributed by atoms with Crippen molar-refractivity contribution in [2.45, 2.75) is 25.8 Å². The zero-order chi connectivity index (χ0) is 18.6. The molecule has 0 N–H and O–H groups in total. The molecule has 0 saturated carbocycles. The molecule has 0 spiro atoms. The number of carbonyl (C=O) groups is 2. The fraction of sp³-hybridized carbons (Fsp3) is 0.619. The Hall–Kier alpha value is -1.92. The van der Waals surface area contributed by atoms with Gasteiger partial charge in [0, 0.05) is 32.7 Å². The highest BCUT2D eigenvalue weighted by Gasteiger charge is 2.31. The van der Waals surface area contributed by atoms with Gasteiger partial charge in [0.15, 0.2) is 0 Å². The normalized spacial score (nSPS) is 23.8. The monoisotopic (exact) mass is 371 g/mol. The third-order valence-corrected chi connectivity index (χ3v) is 6.02. The lowest BCUT2D eigenvalue weighted by Crippen LogP contribution is -2.50. The van der Waals surface area contributed by atoms with Crippen LogP contribution in [0.15, 0.2) is 24.3 Å². The van der Waals surface area contributed by atoms with Gasteiger partial charge in [-0.1, -0.05) is 24.3 Å². The maximum atomic E-state index is 12.8. The van der Waals surface area contributed by atoms with E-state index in [0.717, 1.165) is 32.4 Å².